The molecule has 0 bridgehead atoms. The van der Waals surface area contributed by atoms with E-state index in [2.05, 4.69) is 10.3 Å². The number of pyridine rings is 1. The van der Waals surface area contributed by atoms with E-state index in [-0.39, 0.29) is 18.4 Å². The Morgan fingerprint density at radius 3 is 3.00 bits per heavy atom. The number of amides is 2. The summed E-state index contributed by atoms with van der Waals surface area (Å²) in [4.78, 5) is 29.4. The van der Waals surface area contributed by atoms with Gasteiger partial charge in [0.2, 0.25) is 11.8 Å². The molecule has 7 heteroatoms. The minimum atomic E-state index is -0.441. The molecule has 0 radical (unpaired) electrons. The van der Waals surface area contributed by atoms with Crippen molar-refractivity contribution in [3.63, 3.8) is 0 Å². The van der Waals surface area contributed by atoms with Gasteiger partial charge >= 0.3 is 0 Å². The zero-order valence-electron chi connectivity index (χ0n) is 11.8. The Labute approximate surface area is 122 Å². The fourth-order valence-electron chi connectivity index (χ4n) is 2.67. The van der Waals surface area contributed by atoms with Crippen molar-refractivity contribution in [2.75, 3.05) is 33.4 Å². The van der Waals surface area contributed by atoms with E-state index in [1.165, 1.54) is 13.3 Å². The highest BCUT2D eigenvalue weighted by Gasteiger charge is 2.43. The summed E-state index contributed by atoms with van der Waals surface area (Å²) in [6.45, 7) is 1.61. The van der Waals surface area contributed by atoms with E-state index >= 15 is 0 Å². The van der Waals surface area contributed by atoms with Gasteiger partial charge in [0.15, 0.2) is 0 Å². The molecule has 21 heavy (non-hydrogen) atoms. The minimum Gasteiger partial charge on any atom is -0.481 e. The molecule has 3 heterocycles. The zero-order valence-corrected chi connectivity index (χ0v) is 11.8. The molecule has 1 aromatic rings. The number of carbonyl (C=O) groups is 2. The Morgan fingerprint density at radius 2 is 2.38 bits per heavy atom. The van der Waals surface area contributed by atoms with Crippen molar-refractivity contribution < 1.29 is 19.1 Å². The molecule has 2 amide bonds. The van der Waals surface area contributed by atoms with Crippen molar-refractivity contribution in [2.24, 2.45) is 0 Å². The van der Waals surface area contributed by atoms with Crippen LogP contribution in [0, 0.1) is 0 Å². The highest BCUT2D eigenvalue weighted by Crippen LogP contribution is 2.27. The van der Waals surface area contributed by atoms with Gasteiger partial charge < -0.3 is 19.7 Å². The third kappa shape index (κ3) is 2.69. The van der Waals surface area contributed by atoms with Crippen molar-refractivity contribution in [2.45, 2.75) is 12.0 Å². The number of likely N-dealkylation sites (tertiary alicyclic amines) is 1. The van der Waals surface area contributed by atoms with Crippen molar-refractivity contribution in [1.82, 2.24) is 15.2 Å². The molecule has 112 valence electrons. The molecular weight excluding hydrogens is 274 g/mol. The first-order valence-corrected chi connectivity index (χ1v) is 6.82. The molecule has 2 saturated heterocycles. The summed E-state index contributed by atoms with van der Waals surface area (Å²) in [5.41, 5.74) is 0.0800. The van der Waals surface area contributed by atoms with E-state index in [4.69, 9.17) is 9.47 Å². The number of carbonyl (C=O) groups excluding carboxylic acids is 2. The van der Waals surface area contributed by atoms with Crippen LogP contribution in [0.5, 0.6) is 5.88 Å². The van der Waals surface area contributed by atoms with Crippen LogP contribution in [0.4, 0.5) is 0 Å². The fourth-order valence-corrected chi connectivity index (χ4v) is 2.67. The smallest absolute Gasteiger partial charge is 0.255 e. The van der Waals surface area contributed by atoms with Gasteiger partial charge in [0.25, 0.3) is 5.91 Å². The normalized spacial score (nSPS) is 25.0. The van der Waals surface area contributed by atoms with Crippen molar-refractivity contribution in [1.29, 1.82) is 0 Å². The van der Waals surface area contributed by atoms with Crippen molar-refractivity contribution >= 4 is 11.8 Å². The molecule has 1 aromatic heterocycles. The lowest BCUT2D eigenvalue weighted by atomic mass is 10.0. The van der Waals surface area contributed by atoms with Gasteiger partial charge in [-0.25, -0.2) is 4.98 Å². The van der Waals surface area contributed by atoms with E-state index in [9.17, 15) is 9.59 Å². The molecular formula is C14H17N3O4. The molecule has 2 fully saturated rings. The van der Waals surface area contributed by atoms with Crippen LogP contribution in [-0.4, -0.2) is 60.7 Å². The van der Waals surface area contributed by atoms with Gasteiger partial charge in [-0.05, 0) is 12.5 Å². The number of methoxy groups -OCH3 is 1. The number of hydrogen-bond acceptors (Lipinski definition) is 5. The summed E-state index contributed by atoms with van der Waals surface area (Å²) in [6, 6.07) is 3.36. The van der Waals surface area contributed by atoms with E-state index < -0.39 is 5.60 Å². The lowest BCUT2D eigenvalue weighted by molar-refractivity contribution is -0.141. The van der Waals surface area contributed by atoms with Gasteiger partial charge in [0, 0.05) is 25.4 Å². The Morgan fingerprint density at radius 1 is 1.52 bits per heavy atom. The van der Waals surface area contributed by atoms with Crippen LogP contribution in [-0.2, 0) is 9.53 Å². The lowest BCUT2D eigenvalue weighted by Gasteiger charge is -2.33. The SMILES string of the molecule is COc1ccc(C(=O)N2CCC3(CNC(=O)CO3)C2)cn1. The molecule has 2 aliphatic rings. The standard InChI is InChI=1S/C14H17N3O4/c1-20-12-3-2-10(6-15-12)13(19)17-5-4-14(9-17)8-16-11(18)7-21-14/h2-3,6H,4-5,7-9H2,1H3,(H,16,18). The van der Waals surface area contributed by atoms with Gasteiger partial charge in [-0.15, -0.1) is 0 Å². The molecule has 7 nitrogen and oxygen atoms in total. The zero-order chi connectivity index (χ0) is 14.9. The molecule has 1 spiro atoms. The van der Waals surface area contributed by atoms with Gasteiger partial charge in [-0.3, -0.25) is 9.59 Å². The Hall–Kier alpha value is -2.15. The molecule has 0 saturated carbocycles. The van der Waals surface area contributed by atoms with E-state index in [1.54, 1.807) is 17.0 Å². The number of hydrogen-bond donors (Lipinski definition) is 1. The summed E-state index contributed by atoms with van der Waals surface area (Å²) >= 11 is 0. The topological polar surface area (TPSA) is 80.8 Å². The molecule has 0 aliphatic carbocycles. The van der Waals surface area contributed by atoms with Crippen molar-refractivity contribution in [3.05, 3.63) is 23.9 Å². The summed E-state index contributed by atoms with van der Waals surface area (Å²) < 4.78 is 10.6. The van der Waals surface area contributed by atoms with E-state index in [0.29, 0.717) is 31.1 Å². The second kappa shape index (κ2) is 5.33. The first-order valence-electron chi connectivity index (χ1n) is 6.82. The van der Waals surface area contributed by atoms with Gasteiger partial charge in [0.1, 0.15) is 12.2 Å². The van der Waals surface area contributed by atoms with Crippen LogP contribution >= 0.6 is 0 Å². The predicted molar refractivity (Wildman–Crippen MR) is 73.0 cm³/mol. The minimum absolute atomic E-state index is 0.0616. The molecule has 0 aromatic carbocycles. The average molecular weight is 291 g/mol. The van der Waals surface area contributed by atoms with Crippen LogP contribution < -0.4 is 10.1 Å². The average Bonchev–Trinajstić information content (AvgIpc) is 2.94. The number of aromatic nitrogens is 1. The lowest BCUT2D eigenvalue weighted by Crippen LogP contribution is -2.54. The number of nitrogens with zero attached hydrogens (tertiary/aromatic N) is 2. The number of morpholine rings is 1. The third-order valence-corrected chi connectivity index (χ3v) is 3.91. The number of rotatable bonds is 2. The summed E-state index contributed by atoms with van der Waals surface area (Å²) in [5.74, 6) is 0.287. The van der Waals surface area contributed by atoms with E-state index in [0.717, 1.165) is 6.42 Å². The first-order chi connectivity index (χ1) is 10.1. The molecule has 1 atom stereocenters. The maximum atomic E-state index is 12.4. The van der Waals surface area contributed by atoms with Crippen LogP contribution in [0.1, 0.15) is 16.8 Å². The molecule has 1 N–H and O–H groups in total. The summed E-state index contributed by atoms with van der Waals surface area (Å²) in [5, 5.41) is 2.80. The highest BCUT2D eigenvalue weighted by atomic mass is 16.5. The van der Waals surface area contributed by atoms with Crippen LogP contribution in [0.25, 0.3) is 0 Å². The van der Waals surface area contributed by atoms with Gasteiger partial charge in [-0.2, -0.15) is 0 Å². The number of nitrogens with one attached hydrogen (secondary N) is 1. The molecule has 2 aliphatic heterocycles. The number of ether oxygens (including phenoxy) is 2. The largest absolute Gasteiger partial charge is 0.481 e. The second-order valence-corrected chi connectivity index (χ2v) is 5.31. The molecule has 3 rings (SSSR count). The third-order valence-electron chi connectivity index (χ3n) is 3.91. The maximum Gasteiger partial charge on any atom is 0.255 e. The van der Waals surface area contributed by atoms with Crippen LogP contribution in [0.2, 0.25) is 0 Å². The Kier molecular flexibility index (Phi) is 3.50. The van der Waals surface area contributed by atoms with Gasteiger partial charge in [0.05, 0.1) is 19.2 Å². The van der Waals surface area contributed by atoms with E-state index in [1.807, 2.05) is 0 Å². The second-order valence-electron chi connectivity index (χ2n) is 5.31. The quantitative estimate of drug-likeness (QED) is 0.817. The Balaban J connectivity index is 1.67. The maximum absolute atomic E-state index is 12.4. The van der Waals surface area contributed by atoms with Crippen molar-refractivity contribution in [3.8, 4) is 5.88 Å². The first kappa shape index (κ1) is 13.8. The molecule has 1 unspecified atom stereocenters. The fraction of sp³-hybridized carbons (Fsp3) is 0.500. The van der Waals surface area contributed by atoms with Gasteiger partial charge in [-0.1, -0.05) is 0 Å². The van der Waals surface area contributed by atoms with Crippen LogP contribution in [0.3, 0.4) is 0 Å². The predicted octanol–water partition coefficient (Wildman–Crippen LogP) is -0.179. The highest BCUT2D eigenvalue weighted by molar-refractivity contribution is 5.94. The van der Waals surface area contributed by atoms with Crippen LogP contribution in [0.15, 0.2) is 18.3 Å². The Bertz CT molecular complexity index is 548. The monoisotopic (exact) mass is 291 g/mol. The summed E-state index contributed by atoms with van der Waals surface area (Å²) in [7, 11) is 1.53. The summed E-state index contributed by atoms with van der Waals surface area (Å²) in [6.07, 6.45) is 2.23.